The van der Waals surface area contributed by atoms with Gasteiger partial charge in [0.1, 0.15) is 5.76 Å². The number of benzene rings is 1. The molecule has 1 aromatic heterocycles. The van der Waals surface area contributed by atoms with E-state index in [1.807, 2.05) is 19.2 Å². The molecule has 0 aliphatic carbocycles. The molecule has 1 heterocycles. The standard InChI is InChI=1S/C12H10Br2INO/c1-16-11(12-9(14)4-5-17-12)8-6-7(13)2-3-10(8)15/h2-6,11,16H,1H3. The fraction of sp³-hybridized carbons (Fsp3) is 0.167. The average molecular weight is 471 g/mol. The van der Waals surface area contributed by atoms with Gasteiger partial charge in [-0.15, -0.1) is 0 Å². The SMILES string of the molecule is CNC(c1cc(Br)ccc1I)c1occc1Br. The molecular formula is C12H10Br2INO. The van der Waals surface area contributed by atoms with E-state index in [-0.39, 0.29) is 6.04 Å². The maximum absolute atomic E-state index is 5.54. The van der Waals surface area contributed by atoms with Crippen LogP contribution >= 0.6 is 54.5 Å². The molecule has 1 unspecified atom stereocenters. The van der Waals surface area contributed by atoms with Crippen molar-refractivity contribution in [2.45, 2.75) is 6.04 Å². The molecule has 0 radical (unpaired) electrons. The van der Waals surface area contributed by atoms with Crippen molar-refractivity contribution in [3.05, 3.63) is 54.4 Å². The molecule has 90 valence electrons. The molecule has 2 rings (SSSR count). The van der Waals surface area contributed by atoms with Crippen LogP contribution in [0.3, 0.4) is 0 Å². The lowest BCUT2D eigenvalue weighted by Gasteiger charge is -2.17. The Labute approximate surface area is 131 Å². The van der Waals surface area contributed by atoms with Gasteiger partial charge in [0, 0.05) is 8.04 Å². The largest absolute Gasteiger partial charge is 0.466 e. The summed E-state index contributed by atoms with van der Waals surface area (Å²) in [6.45, 7) is 0. The number of nitrogens with one attached hydrogen (secondary N) is 1. The first-order valence-electron chi connectivity index (χ1n) is 4.98. The zero-order valence-electron chi connectivity index (χ0n) is 9.01. The number of hydrogen-bond donors (Lipinski definition) is 1. The highest BCUT2D eigenvalue weighted by molar-refractivity contribution is 14.1. The number of rotatable bonds is 3. The third-order valence-corrected chi connectivity index (χ3v) is 4.60. The van der Waals surface area contributed by atoms with E-state index in [9.17, 15) is 0 Å². The van der Waals surface area contributed by atoms with Crippen molar-refractivity contribution in [2.24, 2.45) is 0 Å². The molecular weight excluding hydrogens is 461 g/mol. The van der Waals surface area contributed by atoms with Crippen LogP contribution in [-0.4, -0.2) is 7.05 Å². The molecule has 1 aromatic carbocycles. The van der Waals surface area contributed by atoms with Crippen molar-refractivity contribution in [1.29, 1.82) is 0 Å². The summed E-state index contributed by atoms with van der Waals surface area (Å²) in [7, 11) is 1.93. The minimum absolute atomic E-state index is 0.0452. The summed E-state index contributed by atoms with van der Waals surface area (Å²) in [5.41, 5.74) is 1.19. The van der Waals surface area contributed by atoms with Crippen molar-refractivity contribution in [1.82, 2.24) is 5.32 Å². The van der Waals surface area contributed by atoms with Crippen LogP contribution in [-0.2, 0) is 0 Å². The van der Waals surface area contributed by atoms with Gasteiger partial charge in [-0.2, -0.15) is 0 Å². The Morgan fingerprint density at radius 1 is 1.29 bits per heavy atom. The van der Waals surface area contributed by atoms with Crippen molar-refractivity contribution < 1.29 is 4.42 Å². The topological polar surface area (TPSA) is 25.2 Å². The van der Waals surface area contributed by atoms with Gasteiger partial charge < -0.3 is 9.73 Å². The summed E-state index contributed by atoms with van der Waals surface area (Å²) in [6, 6.07) is 8.18. The summed E-state index contributed by atoms with van der Waals surface area (Å²) in [6.07, 6.45) is 1.69. The maximum atomic E-state index is 5.54. The predicted molar refractivity (Wildman–Crippen MR) is 84.2 cm³/mol. The van der Waals surface area contributed by atoms with E-state index in [2.05, 4.69) is 71.9 Å². The second-order valence-corrected chi connectivity index (χ2v) is 6.45. The van der Waals surface area contributed by atoms with Gasteiger partial charge in [0.05, 0.1) is 16.8 Å². The highest BCUT2D eigenvalue weighted by Crippen LogP contribution is 2.32. The summed E-state index contributed by atoms with van der Waals surface area (Å²) in [4.78, 5) is 0. The monoisotopic (exact) mass is 469 g/mol. The number of hydrogen-bond acceptors (Lipinski definition) is 2. The lowest BCUT2D eigenvalue weighted by Crippen LogP contribution is -2.18. The smallest absolute Gasteiger partial charge is 0.139 e. The van der Waals surface area contributed by atoms with Crippen LogP contribution in [0.1, 0.15) is 17.4 Å². The summed E-state index contributed by atoms with van der Waals surface area (Å²) < 4.78 is 8.79. The molecule has 0 amide bonds. The Morgan fingerprint density at radius 2 is 2.06 bits per heavy atom. The van der Waals surface area contributed by atoms with Gasteiger partial charge in [-0.05, 0) is 75.4 Å². The lowest BCUT2D eigenvalue weighted by molar-refractivity contribution is 0.460. The normalized spacial score (nSPS) is 12.7. The Hall–Kier alpha value is 0.150. The second kappa shape index (κ2) is 5.86. The molecule has 2 nitrogen and oxygen atoms in total. The molecule has 0 spiro atoms. The molecule has 1 atom stereocenters. The van der Waals surface area contributed by atoms with Gasteiger partial charge in [0.15, 0.2) is 0 Å². The molecule has 0 aliphatic heterocycles. The van der Waals surface area contributed by atoms with E-state index in [4.69, 9.17) is 4.42 Å². The number of halogens is 3. The molecule has 17 heavy (non-hydrogen) atoms. The lowest BCUT2D eigenvalue weighted by atomic mass is 10.1. The Bertz CT molecular complexity index is 527. The van der Waals surface area contributed by atoms with E-state index in [0.717, 1.165) is 14.7 Å². The molecule has 0 bridgehead atoms. The molecule has 5 heteroatoms. The second-order valence-electron chi connectivity index (χ2n) is 3.52. The summed E-state index contributed by atoms with van der Waals surface area (Å²) in [5.74, 6) is 0.892. The minimum Gasteiger partial charge on any atom is -0.466 e. The first-order valence-corrected chi connectivity index (χ1v) is 7.65. The van der Waals surface area contributed by atoms with Crippen LogP contribution < -0.4 is 5.32 Å². The first-order chi connectivity index (χ1) is 8.13. The molecule has 2 aromatic rings. The van der Waals surface area contributed by atoms with Gasteiger partial charge in [0.2, 0.25) is 0 Å². The fourth-order valence-corrected chi connectivity index (χ4v) is 3.13. The first kappa shape index (κ1) is 13.6. The van der Waals surface area contributed by atoms with Crippen LogP contribution in [0.25, 0.3) is 0 Å². The number of furan rings is 1. The average Bonchev–Trinajstić information content (AvgIpc) is 2.71. The van der Waals surface area contributed by atoms with E-state index >= 15 is 0 Å². The minimum atomic E-state index is 0.0452. The van der Waals surface area contributed by atoms with E-state index in [1.54, 1.807) is 6.26 Å². The van der Waals surface area contributed by atoms with Crippen molar-refractivity contribution >= 4 is 54.5 Å². The zero-order valence-corrected chi connectivity index (χ0v) is 14.3. The third-order valence-electron chi connectivity index (χ3n) is 2.46. The van der Waals surface area contributed by atoms with Gasteiger partial charge >= 0.3 is 0 Å². The predicted octanol–water partition coefficient (Wildman–Crippen LogP) is 4.72. The fourth-order valence-electron chi connectivity index (χ4n) is 1.68. The van der Waals surface area contributed by atoms with E-state index < -0.39 is 0 Å². The van der Waals surface area contributed by atoms with Crippen LogP contribution in [0.4, 0.5) is 0 Å². The van der Waals surface area contributed by atoms with Crippen LogP contribution in [0.15, 0.2) is 43.9 Å². The summed E-state index contributed by atoms with van der Waals surface area (Å²) >= 11 is 9.34. The van der Waals surface area contributed by atoms with Crippen molar-refractivity contribution in [3.8, 4) is 0 Å². The third kappa shape index (κ3) is 2.94. The Balaban J connectivity index is 2.49. The quantitative estimate of drug-likeness (QED) is 0.657. The van der Waals surface area contributed by atoms with E-state index in [0.29, 0.717) is 0 Å². The molecule has 0 aliphatic rings. The van der Waals surface area contributed by atoms with Gasteiger partial charge in [-0.1, -0.05) is 15.9 Å². The molecule has 0 fully saturated rings. The Morgan fingerprint density at radius 3 is 2.65 bits per heavy atom. The van der Waals surface area contributed by atoms with Gasteiger partial charge in [-0.25, -0.2) is 0 Å². The highest BCUT2D eigenvalue weighted by Gasteiger charge is 2.20. The maximum Gasteiger partial charge on any atom is 0.139 e. The van der Waals surface area contributed by atoms with Gasteiger partial charge in [-0.3, -0.25) is 0 Å². The van der Waals surface area contributed by atoms with Crippen LogP contribution in [0.2, 0.25) is 0 Å². The summed E-state index contributed by atoms with van der Waals surface area (Å²) in [5, 5.41) is 3.28. The molecule has 1 N–H and O–H groups in total. The molecule has 0 saturated carbocycles. The van der Waals surface area contributed by atoms with Crippen LogP contribution in [0, 0.1) is 3.57 Å². The van der Waals surface area contributed by atoms with Gasteiger partial charge in [0.25, 0.3) is 0 Å². The Kier molecular flexibility index (Phi) is 4.68. The highest BCUT2D eigenvalue weighted by atomic mass is 127. The van der Waals surface area contributed by atoms with Crippen LogP contribution in [0.5, 0.6) is 0 Å². The van der Waals surface area contributed by atoms with Crippen molar-refractivity contribution in [2.75, 3.05) is 7.05 Å². The molecule has 0 saturated heterocycles. The van der Waals surface area contributed by atoms with E-state index in [1.165, 1.54) is 9.13 Å². The van der Waals surface area contributed by atoms with Crippen molar-refractivity contribution in [3.63, 3.8) is 0 Å². The zero-order chi connectivity index (χ0) is 12.4.